The molecule has 0 atom stereocenters. The van der Waals surface area contributed by atoms with E-state index in [0.29, 0.717) is 0 Å². The number of thiocarbonyl (C=S) groups is 1. The average molecular weight is 325 g/mol. The molecular weight excluding hydrogens is 310 g/mol. The third kappa shape index (κ3) is 3.86. The van der Waals surface area contributed by atoms with Crippen LogP contribution in [0.15, 0.2) is 77.8 Å². The molecule has 3 rings (SSSR count). The fraction of sp³-hybridized carbons (Fsp3) is 0.0455. The van der Waals surface area contributed by atoms with Crippen LogP contribution in [0.5, 0.6) is 0 Å². The highest BCUT2D eigenvalue weighted by Gasteiger charge is 2.00. The van der Waals surface area contributed by atoms with Crippen LogP contribution in [0.2, 0.25) is 0 Å². The summed E-state index contributed by atoms with van der Waals surface area (Å²) in [4.78, 5) is 3.94. The molecule has 0 saturated heterocycles. The Labute approximate surface area is 147 Å². The SMILES string of the molecule is Cc1cc(-c2ccccc2)ccc1C#Cc1ccc(N=C=S)cc1. The second-order valence-electron chi connectivity index (χ2n) is 5.40. The second kappa shape index (κ2) is 7.53. The van der Waals surface area contributed by atoms with Crippen molar-refractivity contribution in [2.24, 2.45) is 4.99 Å². The number of rotatable bonds is 2. The highest BCUT2D eigenvalue weighted by atomic mass is 32.1. The zero-order chi connectivity index (χ0) is 16.8. The van der Waals surface area contributed by atoms with E-state index >= 15 is 0 Å². The molecule has 0 amide bonds. The second-order valence-corrected chi connectivity index (χ2v) is 5.58. The molecule has 1 nitrogen and oxygen atoms in total. The van der Waals surface area contributed by atoms with Crippen LogP contribution in [0, 0.1) is 18.8 Å². The molecule has 0 bridgehead atoms. The van der Waals surface area contributed by atoms with Gasteiger partial charge in [-0.2, -0.15) is 4.99 Å². The van der Waals surface area contributed by atoms with Crippen LogP contribution >= 0.6 is 12.2 Å². The monoisotopic (exact) mass is 325 g/mol. The summed E-state index contributed by atoms with van der Waals surface area (Å²) in [7, 11) is 0. The molecule has 0 heterocycles. The number of benzene rings is 3. The van der Waals surface area contributed by atoms with E-state index in [9.17, 15) is 0 Å². The van der Waals surface area contributed by atoms with E-state index in [0.717, 1.165) is 16.8 Å². The molecule has 3 aromatic rings. The van der Waals surface area contributed by atoms with Crippen LogP contribution in [0.3, 0.4) is 0 Å². The van der Waals surface area contributed by atoms with E-state index in [4.69, 9.17) is 0 Å². The molecule has 0 saturated carbocycles. The van der Waals surface area contributed by atoms with E-state index in [-0.39, 0.29) is 0 Å². The van der Waals surface area contributed by atoms with Gasteiger partial charge in [0.15, 0.2) is 0 Å². The standard InChI is InChI=1S/C22H15NS/c1-17-15-21(20-5-3-2-4-6-20)12-11-19(17)10-7-18-8-13-22(14-9-18)23-16-24/h2-6,8-9,11-15H,1H3. The Balaban J connectivity index is 1.85. The summed E-state index contributed by atoms with van der Waals surface area (Å²) in [5, 5.41) is 2.36. The number of aryl methyl sites for hydroxylation is 1. The molecule has 0 unspecified atom stereocenters. The topological polar surface area (TPSA) is 12.4 Å². The number of isothiocyanates is 1. The zero-order valence-electron chi connectivity index (χ0n) is 13.3. The van der Waals surface area contributed by atoms with Gasteiger partial charge < -0.3 is 0 Å². The van der Waals surface area contributed by atoms with Gasteiger partial charge in [-0.05, 0) is 66.2 Å². The average Bonchev–Trinajstić information content (AvgIpc) is 2.63. The van der Waals surface area contributed by atoms with Crippen molar-refractivity contribution in [3.63, 3.8) is 0 Å². The maximum atomic E-state index is 4.60. The smallest absolute Gasteiger partial charge is 0.0740 e. The van der Waals surface area contributed by atoms with Crippen molar-refractivity contribution in [1.82, 2.24) is 0 Å². The van der Waals surface area contributed by atoms with Crippen LogP contribution in [-0.2, 0) is 0 Å². The maximum absolute atomic E-state index is 4.60. The molecule has 3 aromatic carbocycles. The summed E-state index contributed by atoms with van der Waals surface area (Å²) in [6, 6.07) is 24.4. The highest BCUT2D eigenvalue weighted by Crippen LogP contribution is 2.21. The van der Waals surface area contributed by atoms with Gasteiger partial charge in [-0.25, -0.2) is 0 Å². The van der Waals surface area contributed by atoms with Gasteiger partial charge in [-0.1, -0.05) is 54.3 Å². The van der Waals surface area contributed by atoms with E-state index < -0.39 is 0 Å². The van der Waals surface area contributed by atoms with Crippen molar-refractivity contribution in [3.05, 3.63) is 89.5 Å². The Morgan fingerprint density at radius 1 is 0.792 bits per heavy atom. The molecule has 0 aliphatic heterocycles. The number of hydrogen-bond acceptors (Lipinski definition) is 2. The van der Waals surface area contributed by atoms with Crippen molar-refractivity contribution in [1.29, 1.82) is 0 Å². The van der Waals surface area contributed by atoms with Gasteiger partial charge >= 0.3 is 0 Å². The van der Waals surface area contributed by atoms with E-state index in [1.165, 1.54) is 16.7 Å². The summed E-state index contributed by atoms with van der Waals surface area (Å²) >= 11 is 4.60. The Kier molecular flexibility index (Phi) is 4.99. The fourth-order valence-corrected chi connectivity index (χ4v) is 2.53. The van der Waals surface area contributed by atoms with Gasteiger partial charge in [-0.3, -0.25) is 0 Å². The summed E-state index contributed by atoms with van der Waals surface area (Å²) in [6.07, 6.45) is 0. The Morgan fingerprint density at radius 2 is 1.54 bits per heavy atom. The molecule has 0 aromatic heterocycles. The lowest BCUT2D eigenvalue weighted by Crippen LogP contribution is -1.85. The predicted molar refractivity (Wildman–Crippen MR) is 104 cm³/mol. The minimum absolute atomic E-state index is 0.791. The first-order chi connectivity index (χ1) is 11.8. The molecule has 0 N–H and O–H groups in total. The van der Waals surface area contributed by atoms with Gasteiger partial charge in [0, 0.05) is 11.1 Å². The van der Waals surface area contributed by atoms with Gasteiger partial charge in [0.05, 0.1) is 10.8 Å². The van der Waals surface area contributed by atoms with Crippen molar-refractivity contribution in [2.45, 2.75) is 6.92 Å². The van der Waals surface area contributed by atoms with Gasteiger partial charge in [0.2, 0.25) is 0 Å². The van der Waals surface area contributed by atoms with Crippen LogP contribution in [0.1, 0.15) is 16.7 Å². The lowest BCUT2D eigenvalue weighted by Gasteiger charge is -2.04. The number of aliphatic imine (C=N–C) groups is 1. The molecule has 0 spiro atoms. The minimum atomic E-state index is 0.791. The van der Waals surface area contributed by atoms with Crippen molar-refractivity contribution >= 4 is 23.1 Å². The van der Waals surface area contributed by atoms with Crippen molar-refractivity contribution < 1.29 is 0 Å². The van der Waals surface area contributed by atoms with Crippen molar-refractivity contribution in [3.8, 4) is 23.0 Å². The molecule has 114 valence electrons. The van der Waals surface area contributed by atoms with Crippen LogP contribution in [0.4, 0.5) is 5.69 Å². The lowest BCUT2D eigenvalue weighted by molar-refractivity contribution is 1.43. The van der Waals surface area contributed by atoms with Crippen LogP contribution < -0.4 is 0 Å². The summed E-state index contributed by atoms with van der Waals surface area (Å²) in [5.41, 5.74) is 6.38. The van der Waals surface area contributed by atoms with E-state index in [2.05, 4.69) is 83.6 Å². The van der Waals surface area contributed by atoms with E-state index in [1.807, 2.05) is 30.3 Å². The number of nitrogens with zero attached hydrogens (tertiary/aromatic N) is 1. The summed E-state index contributed by atoms with van der Waals surface area (Å²) < 4.78 is 0. The predicted octanol–water partition coefficient (Wildman–Crippen LogP) is 5.80. The summed E-state index contributed by atoms with van der Waals surface area (Å²) in [5.74, 6) is 6.43. The number of hydrogen-bond donors (Lipinski definition) is 0. The minimum Gasteiger partial charge on any atom is -0.195 e. The molecule has 2 heteroatoms. The third-order valence-electron chi connectivity index (χ3n) is 3.72. The van der Waals surface area contributed by atoms with Gasteiger partial charge in [0.1, 0.15) is 0 Å². The van der Waals surface area contributed by atoms with Crippen LogP contribution in [-0.4, -0.2) is 5.16 Å². The first kappa shape index (κ1) is 15.9. The van der Waals surface area contributed by atoms with Crippen LogP contribution in [0.25, 0.3) is 11.1 Å². The normalized spacial score (nSPS) is 9.54. The largest absolute Gasteiger partial charge is 0.195 e. The molecule has 0 radical (unpaired) electrons. The molecule has 0 aliphatic rings. The molecule has 0 fully saturated rings. The van der Waals surface area contributed by atoms with E-state index in [1.54, 1.807) is 0 Å². The Morgan fingerprint density at radius 3 is 2.21 bits per heavy atom. The third-order valence-corrected chi connectivity index (χ3v) is 3.81. The highest BCUT2D eigenvalue weighted by molar-refractivity contribution is 7.78. The fourth-order valence-electron chi connectivity index (χ4n) is 2.43. The Hall–Kier alpha value is -2.98. The van der Waals surface area contributed by atoms with Crippen molar-refractivity contribution in [2.75, 3.05) is 0 Å². The zero-order valence-corrected chi connectivity index (χ0v) is 14.1. The van der Waals surface area contributed by atoms with Gasteiger partial charge in [0.25, 0.3) is 0 Å². The first-order valence-electron chi connectivity index (χ1n) is 7.62. The first-order valence-corrected chi connectivity index (χ1v) is 8.03. The molecule has 0 aliphatic carbocycles. The Bertz CT molecular complexity index is 954. The lowest BCUT2D eigenvalue weighted by atomic mass is 10.00. The summed E-state index contributed by atoms with van der Waals surface area (Å²) in [6.45, 7) is 2.09. The molecule has 24 heavy (non-hydrogen) atoms. The quantitative estimate of drug-likeness (QED) is 0.330. The maximum Gasteiger partial charge on any atom is 0.0740 e. The molecular formula is C22H15NS. The van der Waals surface area contributed by atoms with Gasteiger partial charge in [-0.15, -0.1) is 0 Å².